The van der Waals surface area contributed by atoms with Crippen LogP contribution in [0.3, 0.4) is 0 Å². The average Bonchev–Trinajstić information content (AvgIpc) is 2.47. The van der Waals surface area contributed by atoms with Crippen LogP contribution in [0.15, 0.2) is 0 Å². The summed E-state index contributed by atoms with van der Waals surface area (Å²) in [6.45, 7) is 4.59. The second-order valence-electron chi connectivity index (χ2n) is 5.71. The zero-order chi connectivity index (χ0) is 19.1. The Balaban J connectivity index is 3.04. The van der Waals surface area contributed by atoms with Crippen LogP contribution >= 0.6 is 0 Å². The minimum Gasteiger partial charge on any atom is -0.480 e. The van der Waals surface area contributed by atoms with E-state index in [1.165, 1.54) is 20.8 Å². The number of amides is 1. The van der Waals surface area contributed by atoms with Gasteiger partial charge < -0.3 is 29.4 Å². The van der Waals surface area contributed by atoms with Gasteiger partial charge in [0.15, 0.2) is 6.29 Å². The summed E-state index contributed by atoms with van der Waals surface area (Å²) in [5, 5.41) is 11.4. The molecule has 0 spiro atoms. The first kappa shape index (κ1) is 20.8. The van der Waals surface area contributed by atoms with Crippen LogP contribution < -0.4 is 5.32 Å². The van der Waals surface area contributed by atoms with Crippen molar-refractivity contribution in [1.82, 2.24) is 5.32 Å². The van der Waals surface area contributed by atoms with Crippen molar-refractivity contribution in [3.63, 3.8) is 0 Å². The SMILES string of the molecule is CC(=O)N[C@H]1[C@H](OCC(=O)O)O[C@H](COC(C)=O)[C@H](C)[C@@H]1OC(C)=O. The Morgan fingerprint density at radius 2 is 1.76 bits per heavy atom. The van der Waals surface area contributed by atoms with Crippen LogP contribution in [0.1, 0.15) is 27.7 Å². The maximum atomic E-state index is 11.5. The highest BCUT2D eigenvalue weighted by Gasteiger charge is 2.47. The molecule has 1 saturated heterocycles. The monoisotopic (exact) mass is 361 g/mol. The standard InChI is InChI=1S/C15H23NO9/c1-7-11(5-22-9(3)18)25-15(23-6-12(20)21)13(16-8(2)17)14(7)24-10(4)19/h7,11,13-15H,5-6H2,1-4H3,(H,16,17)(H,20,21)/t7-,11+,13+,14-,15+/m0/s1. The fraction of sp³-hybridized carbons (Fsp3) is 0.733. The molecule has 142 valence electrons. The van der Waals surface area contributed by atoms with Crippen LogP contribution in [0.2, 0.25) is 0 Å². The number of aliphatic carboxylic acids is 1. The summed E-state index contributed by atoms with van der Waals surface area (Å²) in [6.07, 6.45) is -2.76. The molecule has 0 bridgehead atoms. The van der Waals surface area contributed by atoms with Gasteiger partial charge in [-0.05, 0) is 0 Å². The predicted octanol–water partition coefficient (Wildman–Crippen LogP) is -0.552. The average molecular weight is 361 g/mol. The lowest BCUT2D eigenvalue weighted by Gasteiger charge is -2.44. The van der Waals surface area contributed by atoms with Crippen LogP contribution in [-0.4, -0.2) is 66.7 Å². The van der Waals surface area contributed by atoms with Crippen molar-refractivity contribution in [3.8, 4) is 0 Å². The Kier molecular flexibility index (Phi) is 7.78. The molecule has 0 aromatic heterocycles. The van der Waals surface area contributed by atoms with E-state index in [2.05, 4.69) is 5.32 Å². The highest BCUT2D eigenvalue weighted by atomic mass is 16.7. The molecule has 2 N–H and O–H groups in total. The van der Waals surface area contributed by atoms with E-state index in [4.69, 9.17) is 24.1 Å². The van der Waals surface area contributed by atoms with E-state index in [0.29, 0.717) is 0 Å². The van der Waals surface area contributed by atoms with Gasteiger partial charge in [0.1, 0.15) is 31.5 Å². The molecular formula is C15H23NO9. The minimum absolute atomic E-state index is 0.131. The van der Waals surface area contributed by atoms with Gasteiger partial charge in [-0.2, -0.15) is 0 Å². The van der Waals surface area contributed by atoms with E-state index in [1.807, 2.05) is 0 Å². The third-order valence-corrected chi connectivity index (χ3v) is 3.55. The van der Waals surface area contributed by atoms with E-state index in [1.54, 1.807) is 6.92 Å². The van der Waals surface area contributed by atoms with Gasteiger partial charge in [0, 0.05) is 26.7 Å². The van der Waals surface area contributed by atoms with Crippen LogP contribution in [0.25, 0.3) is 0 Å². The van der Waals surface area contributed by atoms with Crippen molar-refractivity contribution in [2.24, 2.45) is 5.92 Å². The number of carbonyl (C=O) groups excluding carboxylic acids is 3. The molecule has 1 amide bonds. The third-order valence-electron chi connectivity index (χ3n) is 3.55. The van der Waals surface area contributed by atoms with Crippen molar-refractivity contribution in [1.29, 1.82) is 0 Å². The molecule has 1 aliphatic heterocycles. The second-order valence-corrected chi connectivity index (χ2v) is 5.71. The number of carboxylic acid groups (broad SMARTS) is 1. The van der Waals surface area contributed by atoms with Gasteiger partial charge in [0.25, 0.3) is 0 Å². The number of ether oxygens (including phenoxy) is 4. The fourth-order valence-electron chi connectivity index (χ4n) is 2.52. The number of hydrogen-bond donors (Lipinski definition) is 2. The van der Waals surface area contributed by atoms with Crippen LogP contribution in [0.5, 0.6) is 0 Å². The molecule has 1 heterocycles. The summed E-state index contributed by atoms with van der Waals surface area (Å²) in [4.78, 5) is 44.7. The van der Waals surface area contributed by atoms with Crippen LogP contribution in [0, 0.1) is 5.92 Å². The number of nitrogens with one attached hydrogen (secondary N) is 1. The first-order valence-electron chi connectivity index (χ1n) is 7.68. The van der Waals surface area contributed by atoms with E-state index < -0.39 is 60.9 Å². The first-order valence-corrected chi connectivity index (χ1v) is 7.68. The normalized spacial score (nSPS) is 28.7. The Morgan fingerprint density at radius 1 is 1.12 bits per heavy atom. The third kappa shape index (κ3) is 6.67. The number of rotatable bonds is 7. The molecule has 25 heavy (non-hydrogen) atoms. The highest BCUT2D eigenvalue weighted by molar-refractivity contribution is 5.73. The summed E-state index contributed by atoms with van der Waals surface area (Å²) < 4.78 is 21.1. The summed E-state index contributed by atoms with van der Waals surface area (Å²) in [6, 6.07) is -0.913. The van der Waals surface area contributed by atoms with Crippen molar-refractivity contribution < 1.29 is 43.2 Å². The lowest BCUT2D eigenvalue weighted by atomic mass is 9.89. The zero-order valence-corrected chi connectivity index (χ0v) is 14.5. The van der Waals surface area contributed by atoms with E-state index in [9.17, 15) is 19.2 Å². The quantitative estimate of drug-likeness (QED) is 0.572. The summed E-state index contributed by atoms with van der Waals surface area (Å²) in [5.74, 6) is -3.22. The van der Waals surface area contributed by atoms with Crippen molar-refractivity contribution in [2.45, 2.75) is 52.2 Å². The first-order chi connectivity index (χ1) is 11.6. The largest absolute Gasteiger partial charge is 0.480 e. The second kappa shape index (κ2) is 9.33. The fourth-order valence-corrected chi connectivity index (χ4v) is 2.52. The number of esters is 2. The van der Waals surface area contributed by atoms with Crippen LogP contribution in [0.4, 0.5) is 0 Å². The summed E-state index contributed by atoms with van der Waals surface area (Å²) in [7, 11) is 0. The molecule has 10 heteroatoms. The Labute approximate surface area is 144 Å². The van der Waals surface area contributed by atoms with Gasteiger partial charge in [0.2, 0.25) is 5.91 Å². The number of hydrogen-bond acceptors (Lipinski definition) is 8. The minimum atomic E-state index is -1.23. The molecule has 1 aliphatic rings. The molecule has 1 rings (SSSR count). The molecule has 0 unspecified atom stereocenters. The molecule has 5 atom stereocenters. The summed E-state index contributed by atoms with van der Waals surface area (Å²) in [5.41, 5.74) is 0. The van der Waals surface area contributed by atoms with Crippen LogP contribution in [-0.2, 0) is 38.1 Å². The van der Waals surface area contributed by atoms with E-state index in [-0.39, 0.29) is 6.61 Å². The molecule has 0 radical (unpaired) electrons. The lowest BCUT2D eigenvalue weighted by Crippen LogP contribution is -2.63. The number of carbonyl (C=O) groups is 4. The molecule has 0 aliphatic carbocycles. The van der Waals surface area contributed by atoms with Gasteiger partial charge in [-0.25, -0.2) is 4.79 Å². The summed E-state index contributed by atoms with van der Waals surface area (Å²) >= 11 is 0. The Hall–Kier alpha value is -2.20. The Morgan fingerprint density at radius 3 is 2.24 bits per heavy atom. The Bertz CT molecular complexity index is 521. The molecule has 10 nitrogen and oxygen atoms in total. The smallest absolute Gasteiger partial charge is 0.329 e. The predicted molar refractivity (Wildman–Crippen MR) is 81.2 cm³/mol. The zero-order valence-electron chi connectivity index (χ0n) is 14.5. The van der Waals surface area contributed by atoms with E-state index in [0.717, 1.165) is 0 Å². The van der Waals surface area contributed by atoms with Gasteiger partial charge in [-0.1, -0.05) is 6.92 Å². The van der Waals surface area contributed by atoms with Gasteiger partial charge in [-0.3, -0.25) is 14.4 Å². The van der Waals surface area contributed by atoms with E-state index >= 15 is 0 Å². The molecule has 0 aromatic carbocycles. The van der Waals surface area contributed by atoms with Crippen molar-refractivity contribution in [3.05, 3.63) is 0 Å². The molecule has 0 aromatic rings. The van der Waals surface area contributed by atoms with Crippen molar-refractivity contribution in [2.75, 3.05) is 13.2 Å². The van der Waals surface area contributed by atoms with Gasteiger partial charge in [-0.15, -0.1) is 0 Å². The number of carboxylic acids is 1. The lowest BCUT2D eigenvalue weighted by molar-refractivity contribution is -0.259. The maximum Gasteiger partial charge on any atom is 0.329 e. The maximum absolute atomic E-state index is 11.5. The molecule has 1 fully saturated rings. The van der Waals surface area contributed by atoms with Crippen molar-refractivity contribution >= 4 is 23.8 Å². The molecular weight excluding hydrogens is 338 g/mol. The topological polar surface area (TPSA) is 137 Å². The highest BCUT2D eigenvalue weighted by Crippen LogP contribution is 2.29. The van der Waals surface area contributed by atoms with Gasteiger partial charge >= 0.3 is 17.9 Å². The molecule has 0 saturated carbocycles. The van der Waals surface area contributed by atoms with Gasteiger partial charge in [0.05, 0.1) is 0 Å².